The number of amides is 1. The first-order chi connectivity index (χ1) is 17.9. The molecule has 0 bridgehead atoms. The Hall–Kier alpha value is -4.10. The number of carbonyl (C=O) groups excluding carboxylic acids is 1. The fraction of sp³-hybridized carbons (Fsp3) is 0.267. The number of anilines is 2. The zero-order valence-electron chi connectivity index (χ0n) is 21.5. The number of rotatable bonds is 6. The van der Waals surface area contributed by atoms with Crippen LogP contribution in [0.5, 0.6) is 11.5 Å². The lowest BCUT2D eigenvalue weighted by atomic mass is 9.96. The summed E-state index contributed by atoms with van der Waals surface area (Å²) in [4.78, 5) is 21.3. The monoisotopic (exact) mass is 496 g/mol. The number of carbonyl (C=O) groups is 1. The van der Waals surface area contributed by atoms with Gasteiger partial charge in [0.2, 0.25) is 5.91 Å². The van der Waals surface area contributed by atoms with Crippen LogP contribution in [-0.2, 0) is 11.3 Å². The molecule has 37 heavy (non-hydrogen) atoms. The number of aryl methyl sites for hydroxylation is 1. The second-order valence-electron chi connectivity index (χ2n) is 9.47. The highest BCUT2D eigenvalue weighted by Gasteiger charge is 2.24. The number of benzene rings is 3. The highest BCUT2D eigenvalue weighted by atomic mass is 16.5. The van der Waals surface area contributed by atoms with Gasteiger partial charge in [0.15, 0.2) is 0 Å². The van der Waals surface area contributed by atoms with Gasteiger partial charge in [-0.05, 0) is 53.9 Å². The molecule has 7 nitrogen and oxygen atoms in total. The molecular formula is C30H32N4O3. The fourth-order valence-electron chi connectivity index (χ4n) is 5.17. The molecule has 190 valence electrons. The number of ether oxygens (including phenoxy) is 1. The summed E-state index contributed by atoms with van der Waals surface area (Å²) in [5.41, 5.74) is 7.00. The Morgan fingerprint density at radius 1 is 1.03 bits per heavy atom. The van der Waals surface area contributed by atoms with Gasteiger partial charge in [-0.1, -0.05) is 30.3 Å². The van der Waals surface area contributed by atoms with Gasteiger partial charge in [0.25, 0.3) is 0 Å². The van der Waals surface area contributed by atoms with Crippen LogP contribution in [0.1, 0.15) is 18.1 Å². The van der Waals surface area contributed by atoms with Crippen molar-refractivity contribution in [1.29, 1.82) is 0 Å². The van der Waals surface area contributed by atoms with Crippen molar-refractivity contribution < 1.29 is 14.6 Å². The second-order valence-corrected chi connectivity index (χ2v) is 9.47. The van der Waals surface area contributed by atoms with Gasteiger partial charge in [0.05, 0.1) is 12.8 Å². The second kappa shape index (κ2) is 10.5. The summed E-state index contributed by atoms with van der Waals surface area (Å²) >= 11 is 0. The zero-order valence-corrected chi connectivity index (χ0v) is 21.5. The minimum absolute atomic E-state index is 0.0926. The normalized spacial score (nSPS) is 14.1. The maximum atomic E-state index is 12.0. The van der Waals surface area contributed by atoms with E-state index in [4.69, 9.17) is 4.74 Å². The number of phenolic OH excluding ortho intramolecular Hbond substituents is 1. The van der Waals surface area contributed by atoms with E-state index in [1.807, 2.05) is 48.5 Å². The summed E-state index contributed by atoms with van der Waals surface area (Å²) in [6.07, 6.45) is 1.71. The van der Waals surface area contributed by atoms with Gasteiger partial charge in [-0.2, -0.15) is 0 Å². The number of nitrogens with one attached hydrogen (secondary N) is 1. The molecule has 4 aromatic rings. The number of aromatic nitrogens is 1. The summed E-state index contributed by atoms with van der Waals surface area (Å²) in [7, 11) is 1.66. The topological polar surface area (TPSA) is 77.9 Å². The van der Waals surface area contributed by atoms with Crippen LogP contribution >= 0.6 is 0 Å². The van der Waals surface area contributed by atoms with Crippen molar-refractivity contribution in [3.63, 3.8) is 0 Å². The number of aromatic hydroxyl groups is 1. The average Bonchev–Trinajstić information content (AvgIpc) is 2.91. The van der Waals surface area contributed by atoms with Crippen LogP contribution < -0.4 is 15.0 Å². The molecule has 1 fully saturated rings. The molecule has 5 rings (SSSR count). The number of phenols is 1. The zero-order chi connectivity index (χ0) is 25.9. The summed E-state index contributed by atoms with van der Waals surface area (Å²) in [6.45, 7) is 7.99. The first kappa shape index (κ1) is 24.6. The number of nitrogens with zero attached hydrogens (tertiary/aromatic N) is 3. The molecule has 0 aliphatic carbocycles. The number of hydrogen-bond acceptors (Lipinski definition) is 6. The van der Waals surface area contributed by atoms with E-state index in [1.54, 1.807) is 26.3 Å². The fourth-order valence-corrected chi connectivity index (χ4v) is 5.17. The summed E-state index contributed by atoms with van der Waals surface area (Å²) < 4.78 is 5.36. The van der Waals surface area contributed by atoms with Crippen LogP contribution in [0.15, 0.2) is 66.9 Å². The van der Waals surface area contributed by atoms with Crippen LogP contribution in [0, 0.1) is 6.92 Å². The first-order valence-electron chi connectivity index (χ1n) is 12.5. The van der Waals surface area contributed by atoms with Gasteiger partial charge in [-0.25, -0.2) is 0 Å². The highest BCUT2D eigenvalue weighted by molar-refractivity contribution is 5.99. The number of fused-ring (bicyclic) bond motifs is 1. The maximum absolute atomic E-state index is 12.0. The van der Waals surface area contributed by atoms with Crippen molar-refractivity contribution in [3.05, 3.63) is 78.0 Å². The number of pyridine rings is 1. The molecule has 1 aliphatic rings. The Labute approximate surface area is 217 Å². The molecule has 2 heterocycles. The van der Waals surface area contributed by atoms with Gasteiger partial charge >= 0.3 is 0 Å². The molecule has 7 heteroatoms. The molecule has 1 aliphatic heterocycles. The van der Waals surface area contributed by atoms with E-state index in [-0.39, 0.29) is 11.7 Å². The van der Waals surface area contributed by atoms with E-state index in [2.05, 4.69) is 33.1 Å². The molecule has 0 saturated carbocycles. The molecule has 0 atom stereocenters. The maximum Gasteiger partial charge on any atom is 0.221 e. The Bertz CT molecular complexity index is 1430. The van der Waals surface area contributed by atoms with Crippen LogP contribution in [0.4, 0.5) is 11.4 Å². The quantitative estimate of drug-likeness (QED) is 0.382. The SMILES string of the molecule is COc1ccc(-c2c(NC(C)=O)ccc(C)c2N2CCN(Cc3ccc(O)c4ncccc34)CC2)cc1. The van der Waals surface area contributed by atoms with Crippen molar-refractivity contribution in [2.45, 2.75) is 20.4 Å². The van der Waals surface area contributed by atoms with Gasteiger partial charge in [-0.15, -0.1) is 0 Å². The Balaban J connectivity index is 1.42. The number of piperazine rings is 1. The van der Waals surface area contributed by atoms with Crippen LogP contribution in [0.3, 0.4) is 0 Å². The van der Waals surface area contributed by atoms with E-state index in [9.17, 15) is 9.90 Å². The van der Waals surface area contributed by atoms with E-state index in [0.717, 1.165) is 71.9 Å². The van der Waals surface area contributed by atoms with Gasteiger partial charge < -0.3 is 20.1 Å². The molecule has 1 saturated heterocycles. The van der Waals surface area contributed by atoms with Gasteiger partial charge in [0.1, 0.15) is 17.0 Å². The predicted octanol–water partition coefficient (Wildman–Crippen LogP) is 5.21. The molecule has 2 N–H and O–H groups in total. The Morgan fingerprint density at radius 3 is 2.49 bits per heavy atom. The van der Waals surface area contributed by atoms with E-state index >= 15 is 0 Å². The Morgan fingerprint density at radius 2 is 1.78 bits per heavy atom. The summed E-state index contributed by atoms with van der Waals surface area (Å²) in [5.74, 6) is 0.916. The van der Waals surface area contributed by atoms with Crippen LogP contribution in [-0.4, -0.2) is 54.2 Å². The van der Waals surface area contributed by atoms with Crippen molar-refractivity contribution in [2.75, 3.05) is 43.5 Å². The molecule has 0 unspecified atom stereocenters. The standard InChI is InChI=1S/C30H32N4O3/c1-20-6-12-26(32-21(2)35)28(22-7-10-24(37-3)11-8-22)30(20)34-17-15-33(16-18-34)19-23-9-13-27(36)29-25(23)5-4-14-31-29/h4-14,36H,15-19H2,1-3H3,(H,32,35). The number of methoxy groups -OCH3 is 1. The predicted molar refractivity (Wildman–Crippen MR) is 148 cm³/mol. The minimum atomic E-state index is -0.0926. The van der Waals surface area contributed by atoms with E-state index < -0.39 is 0 Å². The number of hydrogen-bond donors (Lipinski definition) is 2. The molecule has 1 aromatic heterocycles. The molecule has 3 aromatic carbocycles. The summed E-state index contributed by atoms with van der Waals surface area (Å²) in [6, 6.07) is 19.7. The largest absolute Gasteiger partial charge is 0.506 e. The van der Waals surface area contributed by atoms with E-state index in [1.165, 1.54) is 5.56 Å². The van der Waals surface area contributed by atoms with Crippen molar-refractivity contribution in [3.8, 4) is 22.6 Å². The van der Waals surface area contributed by atoms with Crippen molar-refractivity contribution in [2.24, 2.45) is 0 Å². The molecule has 1 amide bonds. The van der Waals surface area contributed by atoms with Crippen LogP contribution in [0.25, 0.3) is 22.0 Å². The average molecular weight is 497 g/mol. The highest BCUT2D eigenvalue weighted by Crippen LogP contribution is 2.41. The van der Waals surface area contributed by atoms with Gasteiger partial charge in [-0.3, -0.25) is 14.7 Å². The Kier molecular flexibility index (Phi) is 6.97. The lowest BCUT2D eigenvalue weighted by Gasteiger charge is -2.38. The minimum Gasteiger partial charge on any atom is -0.506 e. The van der Waals surface area contributed by atoms with Crippen molar-refractivity contribution in [1.82, 2.24) is 9.88 Å². The lowest BCUT2D eigenvalue weighted by Crippen LogP contribution is -2.46. The first-order valence-corrected chi connectivity index (χ1v) is 12.5. The van der Waals surface area contributed by atoms with Crippen LogP contribution in [0.2, 0.25) is 0 Å². The third-order valence-corrected chi connectivity index (χ3v) is 6.99. The van der Waals surface area contributed by atoms with Gasteiger partial charge in [0, 0.05) is 62.5 Å². The smallest absolute Gasteiger partial charge is 0.221 e. The molecular weight excluding hydrogens is 464 g/mol. The van der Waals surface area contributed by atoms with E-state index in [0.29, 0.717) is 5.52 Å². The molecule has 0 spiro atoms. The lowest BCUT2D eigenvalue weighted by molar-refractivity contribution is -0.114. The third kappa shape index (κ3) is 5.08. The molecule has 0 radical (unpaired) electrons. The summed E-state index contributed by atoms with van der Waals surface area (Å²) in [5, 5.41) is 14.2. The third-order valence-electron chi connectivity index (χ3n) is 6.99. The van der Waals surface area contributed by atoms with Crippen molar-refractivity contribution >= 4 is 28.2 Å².